The van der Waals surface area contributed by atoms with Crippen molar-refractivity contribution in [2.45, 2.75) is 70.3 Å². The number of hydrogen-bond donors (Lipinski definition) is 2. The van der Waals surface area contributed by atoms with Crippen molar-refractivity contribution in [1.29, 1.82) is 0 Å². The second kappa shape index (κ2) is 18.0. The molecular weight excluding hydrogens is 847 g/mol. The molecule has 3 aliphatic rings. The van der Waals surface area contributed by atoms with Crippen LogP contribution in [-0.2, 0) is 41.7 Å². The van der Waals surface area contributed by atoms with Gasteiger partial charge in [0.05, 0.1) is 0 Å². The lowest BCUT2D eigenvalue weighted by molar-refractivity contribution is -0.684. The third-order valence-electron chi connectivity index (χ3n) is 9.29. The van der Waals surface area contributed by atoms with Gasteiger partial charge < -0.3 is 36.7 Å². The zero-order valence-electron chi connectivity index (χ0n) is 32.2. The number of nitrogens with zero attached hydrogens (tertiary/aromatic N) is 5. The number of benzene rings is 2. The highest BCUT2D eigenvalue weighted by Crippen LogP contribution is 2.43. The van der Waals surface area contributed by atoms with Crippen LogP contribution in [0.15, 0.2) is 108 Å². The van der Waals surface area contributed by atoms with Gasteiger partial charge in [-0.15, -0.1) is 22.0 Å². The number of allylic oxidation sites excluding steroid dienone is 1. The Morgan fingerprint density at radius 3 is 2.24 bits per heavy atom. The van der Waals surface area contributed by atoms with Gasteiger partial charge in [0.2, 0.25) is 17.6 Å². The monoisotopic (exact) mass is 887 g/mol. The molecule has 0 unspecified atom stereocenters. The highest BCUT2D eigenvalue weighted by atomic mass is 79.9. The number of hydrogen-bond acceptors (Lipinski definition) is 11. The van der Waals surface area contributed by atoms with Crippen LogP contribution in [0, 0.1) is 6.92 Å². The highest BCUT2D eigenvalue weighted by Gasteiger charge is 2.55. The minimum absolute atomic E-state index is 0. The Labute approximate surface area is 354 Å². The van der Waals surface area contributed by atoms with Gasteiger partial charge in [0.25, 0.3) is 11.8 Å². The molecule has 2 aromatic heterocycles. The molecule has 3 aliphatic heterocycles. The van der Waals surface area contributed by atoms with Crippen LogP contribution in [0.4, 0.5) is 9.93 Å². The number of rotatable bonds is 11. The van der Waals surface area contributed by atoms with Crippen LogP contribution in [0.1, 0.15) is 55.0 Å². The zero-order valence-corrected chi connectivity index (χ0v) is 35.4. The lowest BCUT2D eigenvalue weighted by Gasteiger charge is -2.49. The summed E-state index contributed by atoms with van der Waals surface area (Å²) in [7, 11) is 0. The Morgan fingerprint density at radius 2 is 1.64 bits per heavy atom. The van der Waals surface area contributed by atoms with Crippen molar-refractivity contribution >= 4 is 58.0 Å². The first-order valence-electron chi connectivity index (χ1n) is 18.4. The smallest absolute Gasteiger partial charge is 0.408 e. The summed E-state index contributed by atoms with van der Waals surface area (Å²) in [4.78, 5) is 70.3. The first-order chi connectivity index (χ1) is 27.3. The number of thioether (sulfide) groups is 1. The molecule has 0 saturated carbocycles. The molecule has 14 nitrogen and oxygen atoms in total. The Kier molecular flexibility index (Phi) is 13.1. The molecule has 2 saturated heterocycles. The van der Waals surface area contributed by atoms with Gasteiger partial charge in [0, 0.05) is 36.5 Å². The van der Waals surface area contributed by atoms with Crippen LogP contribution in [0.25, 0.3) is 0 Å². The molecule has 4 aromatic rings. The van der Waals surface area contributed by atoms with Crippen LogP contribution in [0.5, 0.6) is 0 Å². The van der Waals surface area contributed by atoms with E-state index in [2.05, 4.69) is 20.8 Å². The number of pyridine rings is 1. The minimum Gasteiger partial charge on any atom is -1.00 e. The Morgan fingerprint density at radius 1 is 0.983 bits per heavy atom. The molecule has 0 bridgehead atoms. The maximum absolute atomic E-state index is 14.4. The van der Waals surface area contributed by atoms with Gasteiger partial charge in [-0.05, 0) is 62.5 Å². The molecule has 2 fully saturated rings. The van der Waals surface area contributed by atoms with Crippen LogP contribution in [0.3, 0.4) is 0 Å². The van der Waals surface area contributed by atoms with E-state index in [0.29, 0.717) is 35.8 Å². The second-order valence-corrected chi connectivity index (χ2v) is 17.0. The van der Waals surface area contributed by atoms with Crippen molar-refractivity contribution < 1.29 is 55.0 Å². The Bertz CT molecular complexity index is 2210. The van der Waals surface area contributed by atoms with Gasteiger partial charge in [0.15, 0.2) is 18.5 Å². The van der Waals surface area contributed by atoms with E-state index in [-0.39, 0.29) is 46.8 Å². The lowest BCUT2D eigenvalue weighted by Crippen LogP contribution is -3.00. The number of esters is 1. The summed E-state index contributed by atoms with van der Waals surface area (Å²) in [5.41, 5.74) is 2.64. The summed E-state index contributed by atoms with van der Waals surface area (Å²) < 4.78 is 13.4. The normalized spacial score (nSPS) is 18.4. The highest BCUT2D eigenvalue weighted by molar-refractivity contribution is 8.00. The van der Waals surface area contributed by atoms with Gasteiger partial charge >= 0.3 is 12.1 Å². The maximum atomic E-state index is 14.4. The summed E-state index contributed by atoms with van der Waals surface area (Å²) in [6.07, 6.45) is 4.20. The van der Waals surface area contributed by atoms with Gasteiger partial charge in [-0.3, -0.25) is 24.6 Å². The first-order valence-corrected chi connectivity index (χ1v) is 20.3. The van der Waals surface area contributed by atoms with E-state index in [1.165, 1.54) is 28.0 Å². The van der Waals surface area contributed by atoms with Gasteiger partial charge in [-0.1, -0.05) is 72.0 Å². The van der Waals surface area contributed by atoms with Crippen LogP contribution < -0.4 is 32.2 Å². The fraction of sp³-hybridized carbons (Fsp3) is 0.317. The minimum atomic E-state index is -0.914. The van der Waals surface area contributed by atoms with Gasteiger partial charge in [0.1, 0.15) is 27.7 Å². The van der Waals surface area contributed by atoms with Crippen LogP contribution >= 0.6 is 23.1 Å². The zero-order chi connectivity index (χ0) is 40.3. The molecule has 58 heavy (non-hydrogen) atoms. The van der Waals surface area contributed by atoms with Crippen LogP contribution in [0.2, 0.25) is 0 Å². The summed E-state index contributed by atoms with van der Waals surface area (Å²) in [5, 5.41) is 13.9. The summed E-state index contributed by atoms with van der Waals surface area (Å²) in [5.74, 6) is -1.33. The molecule has 2 atom stereocenters. The summed E-state index contributed by atoms with van der Waals surface area (Å²) in [6, 6.07) is 21.5. The van der Waals surface area contributed by atoms with Crippen molar-refractivity contribution in [3.8, 4) is 0 Å². The fourth-order valence-corrected chi connectivity index (χ4v) is 8.59. The lowest BCUT2D eigenvalue weighted by atomic mass is 10.00. The third kappa shape index (κ3) is 9.82. The number of halogens is 1. The first kappa shape index (κ1) is 42.2. The predicted octanol–water partition coefficient (Wildman–Crippen LogP) is 1.83. The number of aromatic nitrogens is 3. The van der Waals surface area contributed by atoms with Crippen molar-refractivity contribution in [2.24, 2.45) is 0 Å². The SMILES string of the molecule is Cc1nnc(NC(=O)C[n+]2ccc(CN3CCC(=CC4=C(C(=O)OC(c5ccccc5)c5ccccc5)N5C(=O)[C@@H](NC(=O)OC(C)(C)C)[C@H]5SC4)C3=O)cc2)s1.[Br-]. The molecule has 17 heteroatoms. The van der Waals surface area contributed by atoms with Crippen molar-refractivity contribution in [2.75, 3.05) is 17.6 Å². The van der Waals surface area contributed by atoms with E-state index in [4.69, 9.17) is 9.47 Å². The number of aryl methyl sites for hydroxylation is 1. The van der Waals surface area contributed by atoms with E-state index in [1.807, 2.05) is 79.7 Å². The standard InChI is InChI=1S/C41H41N7O7S2.BrH/c1-25-44-45-39(57-25)42-31(49)23-46-18-15-26(16-19-46)22-47-20-17-29(35(47)50)21-30-24-56-37-32(43-40(53)55-41(2,3)4)36(51)48(37)33(30)38(52)54-34(27-11-7-5-8-12-27)28-13-9-6-10-14-28;/h5-16,18-19,21,32,34,37H,17,20,22-24H2,1-4H3,(H-,42,43,45,49,53);1H/t32-,37-;/m1./s1. The van der Waals surface area contributed by atoms with Crippen molar-refractivity contribution in [3.05, 3.63) is 130 Å². The number of β-lactam (4-membered cyclic amide) rings is 1. The molecule has 0 spiro atoms. The number of amides is 4. The number of alkyl carbamates (subject to hydrolysis) is 1. The van der Waals surface area contributed by atoms with E-state index >= 15 is 0 Å². The number of anilines is 1. The van der Waals surface area contributed by atoms with E-state index in [0.717, 1.165) is 21.7 Å². The summed E-state index contributed by atoms with van der Waals surface area (Å²) in [6.45, 7) is 7.90. The third-order valence-corrected chi connectivity index (χ3v) is 11.3. The number of carbonyl (C=O) groups is 5. The second-order valence-electron chi connectivity index (χ2n) is 14.7. The molecule has 302 valence electrons. The average molecular weight is 889 g/mol. The number of carbonyl (C=O) groups excluding carboxylic acids is 5. The fourth-order valence-electron chi connectivity index (χ4n) is 6.68. The number of nitrogens with one attached hydrogen (secondary N) is 2. The number of likely N-dealkylation sites (tertiary alicyclic amines) is 1. The summed E-state index contributed by atoms with van der Waals surface area (Å²) >= 11 is 2.68. The van der Waals surface area contributed by atoms with E-state index in [9.17, 15) is 24.0 Å². The average Bonchev–Trinajstić information content (AvgIpc) is 3.75. The number of fused-ring (bicyclic) bond motifs is 1. The Balaban J connectivity index is 0.00000567. The molecule has 0 aliphatic carbocycles. The molecule has 0 radical (unpaired) electrons. The molecule has 2 N–H and O–H groups in total. The van der Waals surface area contributed by atoms with E-state index < -0.39 is 41.1 Å². The largest absolute Gasteiger partial charge is 1.00 e. The van der Waals surface area contributed by atoms with Gasteiger partial charge in [-0.2, -0.15) is 4.57 Å². The van der Waals surface area contributed by atoms with Crippen LogP contribution in [-0.4, -0.2) is 79.1 Å². The van der Waals surface area contributed by atoms with Crippen molar-refractivity contribution in [1.82, 2.24) is 25.3 Å². The van der Waals surface area contributed by atoms with Crippen molar-refractivity contribution in [3.63, 3.8) is 0 Å². The topological polar surface area (TPSA) is 164 Å². The van der Waals surface area contributed by atoms with E-state index in [1.54, 1.807) is 48.7 Å². The van der Waals surface area contributed by atoms with Gasteiger partial charge in [-0.25, -0.2) is 9.59 Å². The molecule has 2 aromatic carbocycles. The Hall–Kier alpha value is -5.39. The predicted molar refractivity (Wildman–Crippen MR) is 212 cm³/mol. The molecule has 5 heterocycles. The molecule has 4 amide bonds. The quantitative estimate of drug-likeness (QED) is 0.0984. The number of ether oxygens (including phenoxy) is 2. The molecular formula is C41H42BrN7O7S2. The maximum Gasteiger partial charge on any atom is 0.408 e. The molecule has 7 rings (SSSR count).